The Labute approximate surface area is 351 Å². The normalized spacial score (nSPS) is 27.8. The van der Waals surface area contributed by atoms with Gasteiger partial charge < -0.3 is 50.6 Å². The van der Waals surface area contributed by atoms with Gasteiger partial charge >= 0.3 is 5.97 Å². The third-order valence-corrected chi connectivity index (χ3v) is 13.9. The topological polar surface area (TPSA) is 216 Å². The summed E-state index contributed by atoms with van der Waals surface area (Å²) < 4.78 is 22.0. The van der Waals surface area contributed by atoms with Crippen LogP contribution in [0.2, 0.25) is 0 Å². The molecule has 1 aromatic rings. The fourth-order valence-corrected chi connectivity index (χ4v) is 11.0. The molecular formula is C45H73N3O11. The molecule has 3 amide bonds. The quantitative estimate of drug-likeness (QED) is 0.0402. The molecule has 59 heavy (non-hydrogen) atoms. The number of hydrogen-bond donors (Lipinski definition) is 6. The number of carbonyl (C=O) groups is 4. The van der Waals surface area contributed by atoms with Crippen LogP contribution in [-0.2, 0) is 28.6 Å². The van der Waals surface area contributed by atoms with E-state index in [4.69, 9.17) is 24.7 Å². The van der Waals surface area contributed by atoms with Crippen molar-refractivity contribution in [2.45, 2.75) is 149 Å². The summed E-state index contributed by atoms with van der Waals surface area (Å²) >= 11 is 0. The standard InChI is InChI=1S/C45H73N3O11/c1-7-8-9-10-19-45(5,55)36-14-11-33-31-26-30(27-43(3,20-17-29(2)49)32(31)18-21-44(33,36)4)59-39(52)16-15-37(50)47-22-23-57-24-25-58-28-38(51)48-34-12-13-35(56-6)40(41(34)53)42(46)54/h12-13,29-33,36,49,53,55H,7-11,14-28H2,1-6H3,(H2,46,54)(H,47,50)(H,48,51). The number of methoxy groups -OCH3 is 1. The summed E-state index contributed by atoms with van der Waals surface area (Å²) in [4.78, 5) is 49.7. The summed E-state index contributed by atoms with van der Waals surface area (Å²) in [5.74, 6) is -1.04. The molecule has 3 fully saturated rings. The fourth-order valence-electron chi connectivity index (χ4n) is 11.0. The summed E-state index contributed by atoms with van der Waals surface area (Å²) in [7, 11) is 1.32. The highest BCUT2D eigenvalue weighted by atomic mass is 16.5. The zero-order chi connectivity index (χ0) is 43.4. The molecule has 9 unspecified atom stereocenters. The molecule has 0 bridgehead atoms. The van der Waals surface area contributed by atoms with Gasteiger partial charge in [-0.15, -0.1) is 0 Å². The van der Waals surface area contributed by atoms with E-state index >= 15 is 0 Å². The van der Waals surface area contributed by atoms with Crippen LogP contribution in [0.15, 0.2) is 12.1 Å². The van der Waals surface area contributed by atoms with Crippen LogP contribution >= 0.6 is 0 Å². The molecule has 14 heteroatoms. The SMILES string of the molecule is CCCCCCC(C)(O)C1CCC2C3CC(OC(=O)CCC(=O)NCCOCCOCC(=O)Nc4ccc(OC)c(C(N)=O)c4O)CC(C)(CCC(C)O)C3CCC21C. The van der Waals surface area contributed by atoms with Crippen LogP contribution in [0.1, 0.15) is 141 Å². The molecule has 0 aromatic heterocycles. The number of aliphatic hydroxyl groups is 2. The van der Waals surface area contributed by atoms with Gasteiger partial charge in [-0.1, -0.05) is 46.5 Å². The van der Waals surface area contributed by atoms with Gasteiger partial charge in [-0.3, -0.25) is 19.2 Å². The van der Waals surface area contributed by atoms with Gasteiger partial charge in [0.1, 0.15) is 24.0 Å². The van der Waals surface area contributed by atoms with Crippen molar-refractivity contribution < 1.29 is 53.4 Å². The van der Waals surface area contributed by atoms with Gasteiger partial charge in [0.15, 0.2) is 5.75 Å². The first-order valence-corrected chi connectivity index (χ1v) is 22.0. The van der Waals surface area contributed by atoms with Crippen molar-refractivity contribution in [2.75, 3.05) is 45.4 Å². The van der Waals surface area contributed by atoms with Crippen molar-refractivity contribution >= 4 is 29.4 Å². The average molecular weight is 832 g/mol. The van der Waals surface area contributed by atoms with Crippen LogP contribution in [-0.4, -0.2) is 96.9 Å². The maximum atomic E-state index is 13.2. The minimum atomic E-state index is -0.909. The number of unbranched alkanes of at least 4 members (excludes halogenated alkanes) is 3. The lowest BCUT2D eigenvalue weighted by atomic mass is 9.47. The van der Waals surface area contributed by atoms with Gasteiger partial charge in [-0.05, 0) is 118 Å². The number of amides is 3. The lowest BCUT2D eigenvalue weighted by molar-refractivity contribution is -0.168. The van der Waals surface area contributed by atoms with Gasteiger partial charge in [0.25, 0.3) is 5.91 Å². The Morgan fingerprint density at radius 3 is 2.44 bits per heavy atom. The average Bonchev–Trinajstić information content (AvgIpc) is 3.55. The smallest absolute Gasteiger partial charge is 0.306 e. The van der Waals surface area contributed by atoms with Crippen LogP contribution in [0.25, 0.3) is 0 Å². The number of carbonyl (C=O) groups excluding carboxylic acids is 4. The molecule has 0 aliphatic heterocycles. The molecule has 334 valence electrons. The number of hydrogen-bond acceptors (Lipinski definition) is 11. The molecule has 4 rings (SSSR count). The molecule has 7 N–H and O–H groups in total. The molecule has 3 saturated carbocycles. The van der Waals surface area contributed by atoms with E-state index in [1.54, 1.807) is 0 Å². The second-order valence-corrected chi connectivity index (χ2v) is 18.3. The number of aliphatic hydroxyl groups excluding tert-OH is 1. The predicted molar refractivity (Wildman–Crippen MR) is 224 cm³/mol. The first kappa shape index (κ1) is 48.2. The largest absolute Gasteiger partial charge is 0.505 e. The molecule has 14 nitrogen and oxygen atoms in total. The number of anilines is 1. The molecule has 1 aromatic carbocycles. The lowest BCUT2D eigenvalue weighted by Gasteiger charge is -2.59. The molecule has 0 spiro atoms. The molecular weight excluding hydrogens is 759 g/mol. The Balaban J connectivity index is 1.19. The van der Waals surface area contributed by atoms with E-state index in [2.05, 4.69) is 38.3 Å². The molecule has 0 radical (unpaired) electrons. The van der Waals surface area contributed by atoms with Crippen molar-refractivity contribution in [2.24, 2.45) is 40.2 Å². The molecule has 0 saturated heterocycles. The van der Waals surface area contributed by atoms with Crippen LogP contribution in [0, 0.1) is 34.5 Å². The number of rotatable bonds is 24. The van der Waals surface area contributed by atoms with E-state index in [1.807, 2.05) is 6.92 Å². The minimum Gasteiger partial charge on any atom is -0.505 e. The highest BCUT2D eigenvalue weighted by Gasteiger charge is 2.61. The molecule has 9 atom stereocenters. The van der Waals surface area contributed by atoms with Gasteiger partial charge in [0, 0.05) is 13.0 Å². The number of phenols is 1. The molecule has 3 aliphatic carbocycles. The number of nitrogens with two attached hydrogens (primary N) is 1. The Kier molecular flexibility index (Phi) is 17.9. The van der Waals surface area contributed by atoms with Crippen LogP contribution < -0.4 is 21.1 Å². The van der Waals surface area contributed by atoms with Crippen molar-refractivity contribution in [3.8, 4) is 11.5 Å². The first-order chi connectivity index (χ1) is 28.0. The summed E-state index contributed by atoms with van der Waals surface area (Å²) in [6.07, 6.45) is 12.1. The van der Waals surface area contributed by atoms with Crippen LogP contribution in [0.4, 0.5) is 5.69 Å². The third-order valence-electron chi connectivity index (χ3n) is 13.9. The maximum Gasteiger partial charge on any atom is 0.306 e. The van der Waals surface area contributed by atoms with Crippen molar-refractivity contribution in [3.05, 3.63) is 17.7 Å². The van der Waals surface area contributed by atoms with E-state index in [0.717, 1.165) is 64.2 Å². The monoisotopic (exact) mass is 832 g/mol. The number of aromatic hydroxyl groups is 1. The van der Waals surface area contributed by atoms with E-state index in [-0.39, 0.29) is 97.5 Å². The lowest BCUT2D eigenvalue weighted by Crippen LogP contribution is -2.54. The summed E-state index contributed by atoms with van der Waals surface area (Å²) in [6, 6.07) is 2.77. The fraction of sp³-hybridized carbons (Fsp3) is 0.778. The van der Waals surface area contributed by atoms with Crippen molar-refractivity contribution in [1.82, 2.24) is 5.32 Å². The van der Waals surface area contributed by atoms with Gasteiger partial charge in [0.2, 0.25) is 11.8 Å². The Hall–Kier alpha value is -3.46. The number of nitrogens with one attached hydrogen (secondary N) is 2. The number of primary amides is 1. The van der Waals surface area contributed by atoms with Crippen molar-refractivity contribution in [3.63, 3.8) is 0 Å². The highest BCUT2D eigenvalue weighted by Crippen LogP contribution is 2.67. The van der Waals surface area contributed by atoms with E-state index in [1.165, 1.54) is 32.1 Å². The number of fused-ring (bicyclic) bond motifs is 3. The number of esters is 1. The van der Waals surface area contributed by atoms with Gasteiger partial charge in [-0.2, -0.15) is 0 Å². The first-order valence-electron chi connectivity index (χ1n) is 22.0. The zero-order valence-electron chi connectivity index (χ0n) is 36.4. The second kappa shape index (κ2) is 21.9. The summed E-state index contributed by atoms with van der Waals surface area (Å²) in [5, 5.41) is 37.7. The van der Waals surface area contributed by atoms with E-state index in [9.17, 15) is 34.5 Å². The van der Waals surface area contributed by atoms with E-state index in [0.29, 0.717) is 24.2 Å². The maximum absolute atomic E-state index is 13.2. The molecule has 3 aliphatic rings. The number of benzene rings is 1. The Bertz CT molecular complexity index is 1570. The summed E-state index contributed by atoms with van der Waals surface area (Å²) in [6.45, 7) is 11.2. The zero-order valence-corrected chi connectivity index (χ0v) is 36.4. The second-order valence-electron chi connectivity index (χ2n) is 18.3. The van der Waals surface area contributed by atoms with Crippen molar-refractivity contribution in [1.29, 1.82) is 0 Å². The molecule has 0 heterocycles. The van der Waals surface area contributed by atoms with Crippen LogP contribution in [0.5, 0.6) is 11.5 Å². The van der Waals surface area contributed by atoms with Gasteiger partial charge in [-0.25, -0.2) is 0 Å². The van der Waals surface area contributed by atoms with Gasteiger partial charge in [0.05, 0.1) is 50.7 Å². The highest BCUT2D eigenvalue weighted by molar-refractivity contribution is 6.02. The minimum absolute atomic E-state index is 0.00444. The Morgan fingerprint density at radius 1 is 1.00 bits per heavy atom. The Morgan fingerprint density at radius 2 is 1.75 bits per heavy atom. The summed E-state index contributed by atoms with van der Waals surface area (Å²) in [5.41, 5.74) is 4.29. The van der Waals surface area contributed by atoms with E-state index < -0.39 is 29.3 Å². The van der Waals surface area contributed by atoms with Crippen LogP contribution in [0.3, 0.4) is 0 Å². The predicted octanol–water partition coefficient (Wildman–Crippen LogP) is 6.02. The number of ether oxygens (including phenoxy) is 4. The third kappa shape index (κ3) is 12.8.